The lowest BCUT2D eigenvalue weighted by Gasteiger charge is -2.36. The van der Waals surface area contributed by atoms with E-state index in [2.05, 4.69) is 17.1 Å². The summed E-state index contributed by atoms with van der Waals surface area (Å²) in [7, 11) is 0. The molecule has 126 valence electrons. The largest absolute Gasteiger partial charge is 0.397 e. The maximum Gasteiger partial charge on any atom is 0.258 e. The van der Waals surface area contributed by atoms with Gasteiger partial charge in [-0.3, -0.25) is 4.79 Å². The first-order valence-electron chi connectivity index (χ1n) is 8.28. The molecule has 3 rings (SSSR count). The van der Waals surface area contributed by atoms with Gasteiger partial charge in [-0.05, 0) is 56.5 Å². The number of nitrogens with one attached hydrogen (secondary N) is 1. The highest BCUT2D eigenvalue weighted by Gasteiger charge is 2.20. The van der Waals surface area contributed by atoms with E-state index >= 15 is 0 Å². The summed E-state index contributed by atoms with van der Waals surface area (Å²) >= 11 is 0. The highest BCUT2D eigenvalue weighted by molar-refractivity contribution is 6.04. The van der Waals surface area contributed by atoms with Crippen LogP contribution in [0.3, 0.4) is 0 Å². The number of anilines is 3. The van der Waals surface area contributed by atoms with Crippen molar-refractivity contribution in [1.29, 1.82) is 0 Å². The molecule has 4 nitrogen and oxygen atoms in total. The Morgan fingerprint density at radius 2 is 2.04 bits per heavy atom. The Hall–Kier alpha value is -2.56. The average molecular weight is 327 g/mol. The number of carbonyl (C=O) groups excluding carboxylic acids is 1. The molecule has 1 heterocycles. The molecule has 0 saturated carbocycles. The molecule has 5 heteroatoms. The van der Waals surface area contributed by atoms with E-state index in [9.17, 15) is 9.18 Å². The minimum absolute atomic E-state index is 0.0183. The molecule has 0 radical (unpaired) electrons. The van der Waals surface area contributed by atoms with Crippen LogP contribution in [0.4, 0.5) is 21.5 Å². The number of carbonyl (C=O) groups is 1. The molecule has 24 heavy (non-hydrogen) atoms. The standard InChI is InChI=1S/C19H22FN3O/c1-13-6-4-5-11-23(13)18-10-9-14(12-17(18)21)22-19(24)15-7-2-3-8-16(15)20/h2-3,7-10,12-13H,4-6,11,21H2,1H3,(H,22,24). The van der Waals surface area contributed by atoms with E-state index < -0.39 is 11.7 Å². The number of nitrogens with two attached hydrogens (primary N) is 1. The normalized spacial score (nSPS) is 17.6. The molecule has 1 fully saturated rings. The first-order chi connectivity index (χ1) is 11.6. The number of benzene rings is 2. The van der Waals surface area contributed by atoms with E-state index in [-0.39, 0.29) is 5.56 Å². The second kappa shape index (κ2) is 6.91. The van der Waals surface area contributed by atoms with E-state index in [4.69, 9.17) is 5.73 Å². The molecule has 1 amide bonds. The lowest BCUT2D eigenvalue weighted by atomic mass is 10.0. The molecule has 0 aromatic heterocycles. The number of nitrogen functional groups attached to an aromatic ring is 1. The third-order valence-electron chi connectivity index (χ3n) is 4.52. The number of nitrogens with zero attached hydrogens (tertiary/aromatic N) is 1. The Bertz CT molecular complexity index is 747. The second-order valence-electron chi connectivity index (χ2n) is 6.25. The number of amides is 1. The third kappa shape index (κ3) is 3.35. The van der Waals surface area contributed by atoms with Crippen molar-refractivity contribution in [3.63, 3.8) is 0 Å². The molecule has 0 bridgehead atoms. The topological polar surface area (TPSA) is 58.4 Å². The molecule has 1 saturated heterocycles. The van der Waals surface area contributed by atoms with Crippen molar-refractivity contribution in [1.82, 2.24) is 0 Å². The van der Waals surface area contributed by atoms with E-state index in [1.165, 1.54) is 18.6 Å². The zero-order valence-corrected chi connectivity index (χ0v) is 13.8. The predicted molar refractivity (Wildman–Crippen MR) is 95.9 cm³/mol. The number of hydrogen-bond acceptors (Lipinski definition) is 3. The molecular weight excluding hydrogens is 305 g/mol. The zero-order valence-electron chi connectivity index (χ0n) is 13.8. The van der Waals surface area contributed by atoms with Gasteiger partial charge >= 0.3 is 0 Å². The number of halogens is 1. The van der Waals surface area contributed by atoms with Gasteiger partial charge < -0.3 is 16.0 Å². The van der Waals surface area contributed by atoms with Crippen molar-refractivity contribution < 1.29 is 9.18 Å². The molecule has 1 unspecified atom stereocenters. The summed E-state index contributed by atoms with van der Waals surface area (Å²) in [6, 6.07) is 11.8. The van der Waals surface area contributed by atoms with Crippen molar-refractivity contribution in [2.45, 2.75) is 32.2 Å². The first kappa shape index (κ1) is 16.3. The second-order valence-corrected chi connectivity index (χ2v) is 6.25. The minimum Gasteiger partial charge on any atom is -0.397 e. The average Bonchev–Trinajstić information content (AvgIpc) is 2.56. The number of rotatable bonds is 3. The number of hydrogen-bond donors (Lipinski definition) is 2. The SMILES string of the molecule is CC1CCCCN1c1ccc(NC(=O)c2ccccc2F)cc1N. The van der Waals surface area contributed by atoms with E-state index in [0.717, 1.165) is 25.1 Å². The summed E-state index contributed by atoms with van der Waals surface area (Å²) in [5, 5.41) is 2.70. The molecule has 1 aliphatic heterocycles. The highest BCUT2D eigenvalue weighted by atomic mass is 19.1. The van der Waals surface area contributed by atoms with Gasteiger partial charge in [0.1, 0.15) is 5.82 Å². The van der Waals surface area contributed by atoms with Crippen LogP contribution in [0, 0.1) is 5.82 Å². The lowest BCUT2D eigenvalue weighted by molar-refractivity contribution is 0.102. The first-order valence-corrected chi connectivity index (χ1v) is 8.28. The van der Waals surface area contributed by atoms with Crippen LogP contribution in [0.25, 0.3) is 0 Å². The van der Waals surface area contributed by atoms with Gasteiger partial charge in [-0.1, -0.05) is 12.1 Å². The Labute approximate surface area is 141 Å². The molecule has 2 aromatic carbocycles. The van der Waals surface area contributed by atoms with Gasteiger partial charge in [0.2, 0.25) is 0 Å². The predicted octanol–water partition coefficient (Wildman–Crippen LogP) is 4.04. The quantitative estimate of drug-likeness (QED) is 0.837. The van der Waals surface area contributed by atoms with Crippen molar-refractivity contribution >= 4 is 23.0 Å². The molecule has 0 spiro atoms. The fourth-order valence-corrected chi connectivity index (χ4v) is 3.19. The molecule has 0 aliphatic carbocycles. The summed E-state index contributed by atoms with van der Waals surface area (Å²) in [6.07, 6.45) is 3.56. The van der Waals surface area contributed by atoms with Gasteiger partial charge in [-0.15, -0.1) is 0 Å². The van der Waals surface area contributed by atoms with E-state index in [1.54, 1.807) is 18.2 Å². The van der Waals surface area contributed by atoms with Gasteiger partial charge in [0.05, 0.1) is 16.9 Å². The maximum absolute atomic E-state index is 13.7. The Morgan fingerprint density at radius 1 is 1.25 bits per heavy atom. The van der Waals surface area contributed by atoms with Gasteiger partial charge in [-0.25, -0.2) is 4.39 Å². The Balaban J connectivity index is 1.77. The minimum atomic E-state index is -0.540. The summed E-state index contributed by atoms with van der Waals surface area (Å²) in [6.45, 7) is 3.19. The molecular formula is C19H22FN3O. The van der Waals surface area contributed by atoms with Crippen molar-refractivity contribution in [3.05, 3.63) is 53.8 Å². The molecule has 2 aromatic rings. The molecule has 3 N–H and O–H groups in total. The van der Waals surface area contributed by atoms with Crippen molar-refractivity contribution in [2.75, 3.05) is 22.5 Å². The van der Waals surface area contributed by atoms with Crippen molar-refractivity contribution in [3.8, 4) is 0 Å². The van der Waals surface area contributed by atoms with Gasteiger partial charge in [0.15, 0.2) is 0 Å². The van der Waals surface area contributed by atoms with Crippen LogP contribution in [-0.4, -0.2) is 18.5 Å². The van der Waals surface area contributed by atoms with E-state index in [1.807, 2.05) is 12.1 Å². The summed E-state index contributed by atoms with van der Waals surface area (Å²) in [4.78, 5) is 14.5. The van der Waals surface area contributed by atoms with Crippen LogP contribution in [0.15, 0.2) is 42.5 Å². The summed E-state index contributed by atoms with van der Waals surface area (Å²) in [5.74, 6) is -1.02. The Kier molecular flexibility index (Phi) is 4.69. The van der Waals surface area contributed by atoms with E-state index in [0.29, 0.717) is 17.4 Å². The van der Waals surface area contributed by atoms with Crippen LogP contribution in [0.1, 0.15) is 36.5 Å². The van der Waals surface area contributed by atoms with Gasteiger partial charge in [0.25, 0.3) is 5.91 Å². The molecule has 1 atom stereocenters. The third-order valence-corrected chi connectivity index (χ3v) is 4.52. The van der Waals surface area contributed by atoms with Gasteiger partial charge in [0, 0.05) is 18.3 Å². The summed E-state index contributed by atoms with van der Waals surface area (Å²) in [5.41, 5.74) is 8.39. The smallest absolute Gasteiger partial charge is 0.258 e. The van der Waals surface area contributed by atoms with Crippen LogP contribution in [-0.2, 0) is 0 Å². The highest BCUT2D eigenvalue weighted by Crippen LogP contribution is 2.31. The van der Waals surface area contributed by atoms with Crippen LogP contribution >= 0.6 is 0 Å². The fourth-order valence-electron chi connectivity index (χ4n) is 3.19. The molecule has 1 aliphatic rings. The fraction of sp³-hybridized carbons (Fsp3) is 0.316. The summed E-state index contributed by atoms with van der Waals surface area (Å²) < 4.78 is 13.7. The van der Waals surface area contributed by atoms with Crippen LogP contribution in [0.5, 0.6) is 0 Å². The monoisotopic (exact) mass is 327 g/mol. The Morgan fingerprint density at radius 3 is 2.75 bits per heavy atom. The van der Waals surface area contributed by atoms with Gasteiger partial charge in [-0.2, -0.15) is 0 Å². The van der Waals surface area contributed by atoms with Crippen LogP contribution < -0.4 is 16.0 Å². The van der Waals surface area contributed by atoms with Crippen molar-refractivity contribution in [2.24, 2.45) is 0 Å². The number of piperidine rings is 1. The lowest BCUT2D eigenvalue weighted by Crippen LogP contribution is -2.37. The maximum atomic E-state index is 13.7. The van der Waals surface area contributed by atoms with Crippen LogP contribution in [0.2, 0.25) is 0 Å². The zero-order chi connectivity index (χ0) is 17.1.